The van der Waals surface area contributed by atoms with Crippen LogP contribution in [0.15, 0.2) is 0 Å². The standard InChI is InChI=1S/C15H27N3O2/c1-3-13(19)17-8-5-9-18(11-10-17)14(20)15(4-2)6-7-16-12-15/h16H,3-12H2,1-2H3. The van der Waals surface area contributed by atoms with Crippen molar-refractivity contribution in [3.05, 3.63) is 0 Å². The molecule has 1 atom stereocenters. The van der Waals surface area contributed by atoms with Crippen LogP contribution >= 0.6 is 0 Å². The van der Waals surface area contributed by atoms with Crippen LogP contribution in [0, 0.1) is 5.41 Å². The van der Waals surface area contributed by atoms with E-state index >= 15 is 0 Å². The van der Waals surface area contributed by atoms with Crippen molar-refractivity contribution in [3.8, 4) is 0 Å². The first-order valence-electron chi connectivity index (χ1n) is 7.91. The Balaban J connectivity index is 1.99. The van der Waals surface area contributed by atoms with Gasteiger partial charge in [-0.15, -0.1) is 0 Å². The van der Waals surface area contributed by atoms with Gasteiger partial charge in [-0.3, -0.25) is 9.59 Å². The zero-order valence-corrected chi connectivity index (χ0v) is 12.8. The van der Waals surface area contributed by atoms with Crippen molar-refractivity contribution < 1.29 is 9.59 Å². The van der Waals surface area contributed by atoms with E-state index in [-0.39, 0.29) is 17.2 Å². The van der Waals surface area contributed by atoms with Crippen LogP contribution in [0.25, 0.3) is 0 Å². The van der Waals surface area contributed by atoms with Crippen molar-refractivity contribution in [2.45, 2.75) is 39.5 Å². The van der Waals surface area contributed by atoms with Gasteiger partial charge in [0.1, 0.15) is 0 Å². The Morgan fingerprint density at radius 2 is 1.80 bits per heavy atom. The maximum atomic E-state index is 12.8. The molecule has 0 aromatic carbocycles. The van der Waals surface area contributed by atoms with Gasteiger partial charge >= 0.3 is 0 Å². The summed E-state index contributed by atoms with van der Waals surface area (Å²) >= 11 is 0. The summed E-state index contributed by atoms with van der Waals surface area (Å²) in [7, 11) is 0. The molecule has 0 saturated carbocycles. The lowest BCUT2D eigenvalue weighted by Gasteiger charge is -2.32. The third kappa shape index (κ3) is 2.97. The smallest absolute Gasteiger partial charge is 0.230 e. The van der Waals surface area contributed by atoms with Crippen LogP contribution in [-0.4, -0.2) is 60.9 Å². The van der Waals surface area contributed by atoms with Gasteiger partial charge in [-0.05, 0) is 25.8 Å². The van der Waals surface area contributed by atoms with E-state index in [1.807, 2.05) is 16.7 Å². The van der Waals surface area contributed by atoms with Gasteiger partial charge in [0.25, 0.3) is 0 Å². The quantitative estimate of drug-likeness (QED) is 0.834. The average Bonchev–Trinajstić information content (AvgIpc) is 2.84. The van der Waals surface area contributed by atoms with Crippen LogP contribution in [0.5, 0.6) is 0 Å². The lowest BCUT2D eigenvalue weighted by Crippen LogP contribution is -2.46. The van der Waals surface area contributed by atoms with Crippen LogP contribution in [0.4, 0.5) is 0 Å². The van der Waals surface area contributed by atoms with Crippen molar-refractivity contribution in [1.29, 1.82) is 0 Å². The first-order valence-corrected chi connectivity index (χ1v) is 7.91. The second-order valence-electron chi connectivity index (χ2n) is 5.94. The summed E-state index contributed by atoms with van der Waals surface area (Å²) in [4.78, 5) is 28.5. The molecule has 1 unspecified atom stereocenters. The maximum absolute atomic E-state index is 12.8. The molecule has 2 fully saturated rings. The Bertz CT molecular complexity index is 364. The fraction of sp³-hybridized carbons (Fsp3) is 0.867. The molecule has 0 aliphatic carbocycles. The molecule has 0 aromatic rings. The SMILES string of the molecule is CCC(=O)N1CCCN(C(=O)C2(CC)CCNC2)CC1. The van der Waals surface area contributed by atoms with E-state index in [9.17, 15) is 9.59 Å². The number of nitrogens with zero attached hydrogens (tertiary/aromatic N) is 2. The summed E-state index contributed by atoms with van der Waals surface area (Å²) in [6.07, 6.45) is 3.28. The summed E-state index contributed by atoms with van der Waals surface area (Å²) in [6, 6.07) is 0. The first-order chi connectivity index (χ1) is 9.63. The molecule has 0 radical (unpaired) electrons. The van der Waals surface area contributed by atoms with Crippen molar-refractivity contribution in [2.75, 3.05) is 39.3 Å². The predicted molar refractivity (Wildman–Crippen MR) is 78.3 cm³/mol. The number of amides is 2. The van der Waals surface area contributed by atoms with Crippen molar-refractivity contribution in [1.82, 2.24) is 15.1 Å². The number of hydrogen-bond acceptors (Lipinski definition) is 3. The molecular formula is C15H27N3O2. The molecular weight excluding hydrogens is 254 g/mol. The average molecular weight is 281 g/mol. The Morgan fingerprint density at radius 1 is 1.10 bits per heavy atom. The molecule has 20 heavy (non-hydrogen) atoms. The molecule has 5 nitrogen and oxygen atoms in total. The highest BCUT2D eigenvalue weighted by molar-refractivity contribution is 5.83. The lowest BCUT2D eigenvalue weighted by atomic mass is 9.82. The van der Waals surface area contributed by atoms with Gasteiger partial charge in [0.05, 0.1) is 5.41 Å². The van der Waals surface area contributed by atoms with Gasteiger partial charge in [0.15, 0.2) is 0 Å². The summed E-state index contributed by atoms with van der Waals surface area (Å²) in [5, 5.41) is 3.32. The van der Waals surface area contributed by atoms with Crippen molar-refractivity contribution >= 4 is 11.8 Å². The van der Waals surface area contributed by atoms with E-state index in [1.54, 1.807) is 0 Å². The fourth-order valence-corrected chi connectivity index (χ4v) is 3.31. The van der Waals surface area contributed by atoms with E-state index in [4.69, 9.17) is 0 Å². The monoisotopic (exact) mass is 281 g/mol. The first kappa shape index (κ1) is 15.3. The van der Waals surface area contributed by atoms with Crippen LogP contribution in [-0.2, 0) is 9.59 Å². The summed E-state index contributed by atoms with van der Waals surface area (Å²) in [5.41, 5.74) is -0.204. The maximum Gasteiger partial charge on any atom is 0.230 e. The molecule has 0 aromatic heterocycles. The van der Waals surface area contributed by atoms with Crippen LogP contribution in [0.2, 0.25) is 0 Å². The van der Waals surface area contributed by atoms with Crippen LogP contribution < -0.4 is 5.32 Å². The van der Waals surface area contributed by atoms with Crippen molar-refractivity contribution in [2.24, 2.45) is 5.41 Å². The van der Waals surface area contributed by atoms with Gasteiger partial charge in [-0.2, -0.15) is 0 Å². The molecule has 2 aliphatic rings. The van der Waals surface area contributed by atoms with Gasteiger partial charge in [0.2, 0.25) is 11.8 Å². The van der Waals surface area contributed by atoms with Crippen LogP contribution in [0.3, 0.4) is 0 Å². The third-order valence-electron chi connectivity index (χ3n) is 4.81. The van der Waals surface area contributed by atoms with Crippen molar-refractivity contribution in [3.63, 3.8) is 0 Å². The van der Waals surface area contributed by atoms with Gasteiger partial charge in [0, 0.05) is 39.1 Å². The number of carbonyl (C=O) groups is 2. The molecule has 2 amide bonds. The molecule has 2 aliphatic heterocycles. The molecule has 114 valence electrons. The second kappa shape index (κ2) is 6.57. The summed E-state index contributed by atoms with van der Waals surface area (Å²) in [5.74, 6) is 0.489. The highest BCUT2D eigenvalue weighted by atomic mass is 16.2. The van der Waals surface area contributed by atoms with E-state index in [2.05, 4.69) is 12.2 Å². The predicted octanol–water partition coefficient (Wildman–Crippen LogP) is 0.847. The molecule has 0 bridgehead atoms. The zero-order valence-electron chi connectivity index (χ0n) is 12.8. The van der Waals surface area contributed by atoms with Crippen LogP contribution in [0.1, 0.15) is 39.5 Å². The second-order valence-corrected chi connectivity index (χ2v) is 5.94. The molecule has 1 N–H and O–H groups in total. The molecule has 5 heteroatoms. The number of hydrogen-bond donors (Lipinski definition) is 1. The van der Waals surface area contributed by atoms with E-state index in [0.717, 1.165) is 45.4 Å². The zero-order chi connectivity index (χ0) is 14.6. The molecule has 2 rings (SSSR count). The summed E-state index contributed by atoms with van der Waals surface area (Å²) < 4.78 is 0. The van der Waals surface area contributed by atoms with E-state index < -0.39 is 0 Å². The lowest BCUT2D eigenvalue weighted by molar-refractivity contribution is -0.141. The van der Waals surface area contributed by atoms with E-state index in [0.29, 0.717) is 19.5 Å². The number of nitrogens with one attached hydrogen (secondary N) is 1. The minimum Gasteiger partial charge on any atom is -0.341 e. The van der Waals surface area contributed by atoms with Gasteiger partial charge < -0.3 is 15.1 Å². The number of rotatable bonds is 3. The molecule has 0 spiro atoms. The topological polar surface area (TPSA) is 52.7 Å². The molecule has 2 saturated heterocycles. The minimum absolute atomic E-state index is 0.201. The Kier molecular flexibility index (Phi) is 5.02. The largest absolute Gasteiger partial charge is 0.341 e. The minimum atomic E-state index is -0.204. The Hall–Kier alpha value is -1.10. The highest BCUT2D eigenvalue weighted by Crippen LogP contribution is 2.32. The Labute approximate surface area is 121 Å². The summed E-state index contributed by atoms with van der Waals surface area (Å²) in [6.45, 7) is 8.69. The molecule has 2 heterocycles. The fourth-order valence-electron chi connectivity index (χ4n) is 3.31. The van der Waals surface area contributed by atoms with E-state index in [1.165, 1.54) is 0 Å². The highest BCUT2D eigenvalue weighted by Gasteiger charge is 2.42. The Morgan fingerprint density at radius 3 is 2.40 bits per heavy atom. The van der Waals surface area contributed by atoms with Gasteiger partial charge in [-0.1, -0.05) is 13.8 Å². The van der Waals surface area contributed by atoms with Gasteiger partial charge in [-0.25, -0.2) is 0 Å². The number of carbonyl (C=O) groups excluding carboxylic acids is 2. The normalized spacial score (nSPS) is 27.5. The third-order valence-corrected chi connectivity index (χ3v) is 4.81.